The lowest BCUT2D eigenvalue weighted by atomic mass is 10.1. The summed E-state index contributed by atoms with van der Waals surface area (Å²) in [5.41, 5.74) is 6.83. The predicted octanol–water partition coefficient (Wildman–Crippen LogP) is 2.11. The summed E-state index contributed by atoms with van der Waals surface area (Å²) in [6, 6.07) is 4.44. The number of para-hydroxylation sites is 1. The Labute approximate surface area is 130 Å². The average molecular weight is 306 g/mol. The van der Waals surface area contributed by atoms with Crippen LogP contribution in [0.2, 0.25) is 0 Å². The molecular formula is C16H22N2O4. The lowest BCUT2D eigenvalue weighted by molar-refractivity contribution is -0.146. The summed E-state index contributed by atoms with van der Waals surface area (Å²) in [6.45, 7) is 5.75. The minimum absolute atomic E-state index is 0.270. The summed E-state index contributed by atoms with van der Waals surface area (Å²) in [5, 5.41) is 0. The van der Waals surface area contributed by atoms with E-state index in [1.165, 1.54) is 4.90 Å². The fourth-order valence-electron chi connectivity index (χ4n) is 2.43. The van der Waals surface area contributed by atoms with Gasteiger partial charge in [0.05, 0.1) is 12.3 Å². The Bertz CT molecular complexity index is 573. The molecule has 6 nitrogen and oxygen atoms in total. The van der Waals surface area contributed by atoms with Crippen LogP contribution in [0.25, 0.3) is 0 Å². The molecule has 2 unspecified atom stereocenters. The molecular weight excluding hydrogens is 284 g/mol. The molecule has 6 heteroatoms. The Hall–Kier alpha value is -2.24. The molecule has 1 aliphatic rings. The van der Waals surface area contributed by atoms with Gasteiger partial charge < -0.3 is 15.2 Å². The largest absolute Gasteiger partial charge is 0.478 e. The molecule has 0 spiro atoms. The quantitative estimate of drug-likeness (QED) is 0.665. The second-order valence-electron chi connectivity index (χ2n) is 5.26. The second-order valence-corrected chi connectivity index (χ2v) is 5.26. The van der Waals surface area contributed by atoms with Gasteiger partial charge in [0.25, 0.3) is 5.91 Å². The molecule has 0 saturated carbocycles. The summed E-state index contributed by atoms with van der Waals surface area (Å²) in [6.07, 6.45) is 0.627. The minimum atomic E-state index is -0.750. The highest BCUT2D eigenvalue weighted by atomic mass is 16.5. The number of fused-ring (bicyclic) bond motifs is 1. The topological polar surface area (TPSA) is 81.9 Å². The number of carbonyl (C=O) groups excluding carboxylic acids is 2. The van der Waals surface area contributed by atoms with Crippen molar-refractivity contribution in [2.24, 2.45) is 0 Å². The third kappa shape index (κ3) is 2.86. The first-order chi connectivity index (χ1) is 10.5. The molecule has 2 rings (SSSR count). The number of nitrogens with zero attached hydrogens (tertiary/aromatic N) is 1. The molecule has 0 fully saturated rings. The third-order valence-corrected chi connectivity index (χ3v) is 3.60. The Morgan fingerprint density at radius 3 is 2.82 bits per heavy atom. The highest BCUT2D eigenvalue weighted by molar-refractivity contribution is 6.06. The zero-order chi connectivity index (χ0) is 16.3. The molecule has 22 heavy (non-hydrogen) atoms. The Balaban J connectivity index is 2.39. The van der Waals surface area contributed by atoms with E-state index in [0.717, 1.165) is 6.42 Å². The second kappa shape index (κ2) is 6.68. The number of nitrogens with two attached hydrogens (primary N) is 1. The monoisotopic (exact) mass is 306 g/mol. The lowest BCUT2D eigenvalue weighted by Gasteiger charge is -2.37. The lowest BCUT2D eigenvalue weighted by Crippen LogP contribution is -2.52. The number of ether oxygens (including phenoxy) is 2. The van der Waals surface area contributed by atoms with Gasteiger partial charge in [0, 0.05) is 0 Å². The van der Waals surface area contributed by atoms with E-state index in [1.807, 2.05) is 13.8 Å². The van der Waals surface area contributed by atoms with Crippen LogP contribution in [-0.4, -0.2) is 30.6 Å². The smallest absolute Gasteiger partial charge is 0.328 e. The zero-order valence-corrected chi connectivity index (χ0v) is 13.2. The molecule has 0 aliphatic carbocycles. The van der Waals surface area contributed by atoms with Gasteiger partial charge in [-0.25, -0.2) is 4.79 Å². The minimum Gasteiger partial charge on any atom is -0.478 e. The number of carbonyl (C=O) groups is 2. The molecule has 1 heterocycles. The van der Waals surface area contributed by atoms with E-state index in [0.29, 0.717) is 30.2 Å². The van der Waals surface area contributed by atoms with Crippen LogP contribution in [0.4, 0.5) is 11.4 Å². The standard InChI is InChI=1S/C16H22N2O4/c1-4-9-21-16(20)10(3)18-14-11(17)7-6-8-13(14)22-12(5-2)15(18)19/h6-8,10,12H,4-5,9,17H2,1-3H3. The molecule has 1 aromatic rings. The van der Waals surface area contributed by atoms with Crippen molar-refractivity contribution in [2.75, 3.05) is 17.2 Å². The van der Waals surface area contributed by atoms with Crippen molar-refractivity contribution in [3.63, 3.8) is 0 Å². The number of rotatable bonds is 5. The van der Waals surface area contributed by atoms with Gasteiger partial charge in [-0.15, -0.1) is 0 Å². The van der Waals surface area contributed by atoms with E-state index in [1.54, 1.807) is 25.1 Å². The van der Waals surface area contributed by atoms with Crippen LogP contribution in [-0.2, 0) is 14.3 Å². The first kappa shape index (κ1) is 16.1. The van der Waals surface area contributed by atoms with Crippen LogP contribution in [0.3, 0.4) is 0 Å². The average Bonchev–Trinajstić information content (AvgIpc) is 2.52. The molecule has 1 aliphatic heterocycles. The van der Waals surface area contributed by atoms with E-state index < -0.39 is 18.1 Å². The van der Waals surface area contributed by atoms with Crippen molar-refractivity contribution >= 4 is 23.3 Å². The summed E-state index contributed by atoms with van der Waals surface area (Å²) in [4.78, 5) is 26.2. The van der Waals surface area contributed by atoms with Gasteiger partial charge in [-0.3, -0.25) is 9.69 Å². The van der Waals surface area contributed by atoms with Crippen LogP contribution in [0.1, 0.15) is 33.6 Å². The maximum atomic E-state index is 12.6. The van der Waals surface area contributed by atoms with Gasteiger partial charge in [0.15, 0.2) is 6.10 Å². The highest BCUT2D eigenvalue weighted by Crippen LogP contribution is 2.40. The molecule has 0 aromatic heterocycles. The van der Waals surface area contributed by atoms with Gasteiger partial charge in [-0.05, 0) is 31.9 Å². The molecule has 1 aromatic carbocycles. The highest BCUT2D eigenvalue weighted by Gasteiger charge is 2.40. The van der Waals surface area contributed by atoms with Crippen LogP contribution in [0, 0.1) is 0 Å². The number of benzene rings is 1. The maximum Gasteiger partial charge on any atom is 0.328 e. The predicted molar refractivity (Wildman–Crippen MR) is 83.8 cm³/mol. The van der Waals surface area contributed by atoms with Crippen molar-refractivity contribution in [3.8, 4) is 5.75 Å². The fourth-order valence-corrected chi connectivity index (χ4v) is 2.43. The van der Waals surface area contributed by atoms with Crippen LogP contribution in [0.5, 0.6) is 5.75 Å². The first-order valence-electron chi connectivity index (χ1n) is 7.56. The van der Waals surface area contributed by atoms with Gasteiger partial charge in [-0.2, -0.15) is 0 Å². The molecule has 0 radical (unpaired) electrons. The molecule has 0 saturated heterocycles. The molecule has 2 N–H and O–H groups in total. The van der Waals surface area contributed by atoms with Crippen molar-refractivity contribution < 1.29 is 19.1 Å². The van der Waals surface area contributed by atoms with E-state index in [4.69, 9.17) is 15.2 Å². The Morgan fingerprint density at radius 2 is 2.18 bits per heavy atom. The van der Waals surface area contributed by atoms with Gasteiger partial charge in [0.1, 0.15) is 17.5 Å². The first-order valence-corrected chi connectivity index (χ1v) is 7.56. The van der Waals surface area contributed by atoms with E-state index >= 15 is 0 Å². The van der Waals surface area contributed by atoms with Gasteiger partial charge in [0.2, 0.25) is 0 Å². The number of amides is 1. The molecule has 1 amide bonds. The number of hydrogen-bond acceptors (Lipinski definition) is 5. The van der Waals surface area contributed by atoms with Gasteiger partial charge >= 0.3 is 5.97 Å². The van der Waals surface area contributed by atoms with Crippen molar-refractivity contribution in [2.45, 2.75) is 45.8 Å². The molecule has 120 valence electrons. The number of anilines is 2. The summed E-state index contributed by atoms with van der Waals surface area (Å²) < 4.78 is 10.9. The van der Waals surface area contributed by atoms with Crippen molar-refractivity contribution in [3.05, 3.63) is 18.2 Å². The van der Waals surface area contributed by atoms with E-state index in [-0.39, 0.29) is 5.91 Å². The van der Waals surface area contributed by atoms with Crippen molar-refractivity contribution in [1.29, 1.82) is 0 Å². The van der Waals surface area contributed by atoms with E-state index in [9.17, 15) is 9.59 Å². The number of nitrogen functional groups attached to an aromatic ring is 1. The number of hydrogen-bond donors (Lipinski definition) is 1. The fraction of sp³-hybridized carbons (Fsp3) is 0.500. The van der Waals surface area contributed by atoms with Crippen molar-refractivity contribution in [1.82, 2.24) is 0 Å². The Kier molecular flexibility index (Phi) is 4.90. The van der Waals surface area contributed by atoms with E-state index in [2.05, 4.69) is 0 Å². The van der Waals surface area contributed by atoms with Crippen LogP contribution >= 0.6 is 0 Å². The summed E-state index contributed by atoms with van der Waals surface area (Å²) >= 11 is 0. The zero-order valence-electron chi connectivity index (χ0n) is 13.2. The summed E-state index contributed by atoms with van der Waals surface area (Å²) in [5.74, 6) is -0.198. The summed E-state index contributed by atoms with van der Waals surface area (Å²) in [7, 11) is 0. The SMILES string of the molecule is CCCOC(=O)C(C)N1C(=O)C(CC)Oc2cccc(N)c21. The molecule has 2 atom stereocenters. The van der Waals surface area contributed by atoms with Crippen LogP contribution < -0.4 is 15.4 Å². The third-order valence-electron chi connectivity index (χ3n) is 3.60. The normalized spacial score (nSPS) is 18.4. The Morgan fingerprint density at radius 1 is 1.45 bits per heavy atom. The van der Waals surface area contributed by atoms with Gasteiger partial charge in [-0.1, -0.05) is 19.9 Å². The maximum absolute atomic E-state index is 12.6. The molecule has 0 bridgehead atoms. The van der Waals surface area contributed by atoms with Crippen LogP contribution in [0.15, 0.2) is 18.2 Å². The number of esters is 1.